The smallest absolute Gasteiger partial charge is 0.338 e. The van der Waals surface area contributed by atoms with E-state index in [9.17, 15) is 9.59 Å². The van der Waals surface area contributed by atoms with E-state index in [1.807, 2.05) is 32.9 Å². The molecule has 1 aromatic carbocycles. The van der Waals surface area contributed by atoms with Crippen molar-refractivity contribution in [3.63, 3.8) is 0 Å². The van der Waals surface area contributed by atoms with Crippen LogP contribution < -0.4 is 0 Å². The van der Waals surface area contributed by atoms with Gasteiger partial charge in [0, 0.05) is 0 Å². The van der Waals surface area contributed by atoms with Gasteiger partial charge in [-0.2, -0.15) is 0 Å². The summed E-state index contributed by atoms with van der Waals surface area (Å²) in [6.07, 6.45) is 0.0753. The number of carbonyl (C=O) groups is 2. The Morgan fingerprint density at radius 2 is 1.67 bits per heavy atom. The Bertz CT molecular complexity index is 512. The second-order valence-corrected chi connectivity index (χ2v) is 5.79. The summed E-state index contributed by atoms with van der Waals surface area (Å²) < 4.78 is 10.1. The van der Waals surface area contributed by atoms with Gasteiger partial charge in [-0.1, -0.05) is 39.0 Å². The Kier molecular flexibility index (Phi) is 5.94. The van der Waals surface area contributed by atoms with Crippen molar-refractivity contribution in [3.8, 4) is 0 Å². The molecule has 0 unspecified atom stereocenters. The lowest BCUT2D eigenvalue weighted by Gasteiger charge is -2.24. The molecule has 0 saturated heterocycles. The predicted octanol–water partition coefficient (Wildman–Crippen LogP) is 3.27. The minimum atomic E-state index is -0.387. The fourth-order valence-corrected chi connectivity index (χ4v) is 2.18. The van der Waals surface area contributed by atoms with Crippen molar-refractivity contribution >= 4 is 11.9 Å². The monoisotopic (exact) mass is 292 g/mol. The van der Waals surface area contributed by atoms with E-state index >= 15 is 0 Å². The molecular weight excluding hydrogens is 268 g/mol. The van der Waals surface area contributed by atoms with Crippen LogP contribution >= 0.6 is 0 Å². The zero-order valence-corrected chi connectivity index (χ0v) is 13.5. The first kappa shape index (κ1) is 17.2. The second-order valence-electron chi connectivity index (χ2n) is 5.79. The first-order valence-corrected chi connectivity index (χ1v) is 7.26. The molecule has 0 aliphatic rings. The molecule has 0 radical (unpaired) electrons. The minimum absolute atomic E-state index is 0.0753. The van der Waals surface area contributed by atoms with E-state index < -0.39 is 0 Å². The summed E-state index contributed by atoms with van der Waals surface area (Å²) in [6, 6.07) is 5.54. The van der Waals surface area contributed by atoms with Crippen molar-refractivity contribution in [3.05, 3.63) is 34.9 Å². The maximum absolute atomic E-state index is 12.3. The van der Waals surface area contributed by atoms with Crippen LogP contribution in [0.5, 0.6) is 0 Å². The molecule has 0 aliphatic heterocycles. The third-order valence-corrected chi connectivity index (χ3v) is 3.08. The quantitative estimate of drug-likeness (QED) is 0.782. The lowest BCUT2D eigenvalue weighted by Crippen LogP contribution is -2.21. The molecule has 0 aliphatic carbocycles. The van der Waals surface area contributed by atoms with E-state index in [1.165, 1.54) is 0 Å². The van der Waals surface area contributed by atoms with Crippen molar-refractivity contribution in [1.29, 1.82) is 0 Å². The van der Waals surface area contributed by atoms with Gasteiger partial charge in [0.1, 0.15) is 0 Å². The highest BCUT2D eigenvalue weighted by molar-refractivity contribution is 5.94. The SMILES string of the molecule is CCOC(=O)Cc1cccc(C(C)(C)C)c1C(=O)OCC. The highest BCUT2D eigenvalue weighted by Crippen LogP contribution is 2.29. The van der Waals surface area contributed by atoms with Crippen LogP contribution in [0.3, 0.4) is 0 Å². The third-order valence-electron chi connectivity index (χ3n) is 3.08. The highest BCUT2D eigenvalue weighted by atomic mass is 16.5. The van der Waals surface area contributed by atoms with Gasteiger partial charge in [-0.25, -0.2) is 4.79 Å². The molecule has 0 amide bonds. The maximum Gasteiger partial charge on any atom is 0.338 e. The zero-order valence-electron chi connectivity index (χ0n) is 13.5. The molecule has 0 atom stereocenters. The summed E-state index contributed by atoms with van der Waals surface area (Å²) in [5, 5.41) is 0. The fraction of sp³-hybridized carbons (Fsp3) is 0.529. The number of ether oxygens (including phenoxy) is 2. The molecule has 4 heteroatoms. The Balaban J connectivity index is 3.29. The average molecular weight is 292 g/mol. The van der Waals surface area contributed by atoms with Crippen molar-refractivity contribution in [2.24, 2.45) is 0 Å². The molecule has 0 bridgehead atoms. The van der Waals surface area contributed by atoms with Crippen LogP contribution in [-0.2, 0) is 26.1 Å². The number of esters is 2. The molecule has 4 nitrogen and oxygen atoms in total. The topological polar surface area (TPSA) is 52.6 Å². The van der Waals surface area contributed by atoms with Gasteiger partial charge in [0.25, 0.3) is 0 Å². The molecule has 21 heavy (non-hydrogen) atoms. The van der Waals surface area contributed by atoms with Gasteiger partial charge in [0.05, 0.1) is 25.2 Å². The number of carbonyl (C=O) groups excluding carboxylic acids is 2. The number of hydrogen-bond acceptors (Lipinski definition) is 4. The molecular formula is C17H24O4. The largest absolute Gasteiger partial charge is 0.466 e. The molecule has 1 aromatic rings. The summed E-state index contributed by atoms with van der Waals surface area (Å²) in [4.78, 5) is 24.0. The van der Waals surface area contributed by atoms with Gasteiger partial charge >= 0.3 is 11.9 Å². The summed E-state index contributed by atoms with van der Waals surface area (Å²) in [7, 11) is 0. The zero-order chi connectivity index (χ0) is 16.0. The van der Waals surface area contributed by atoms with E-state index in [-0.39, 0.29) is 23.8 Å². The van der Waals surface area contributed by atoms with Crippen LogP contribution in [0, 0.1) is 0 Å². The van der Waals surface area contributed by atoms with E-state index in [4.69, 9.17) is 9.47 Å². The molecule has 0 fully saturated rings. The van der Waals surface area contributed by atoms with Crippen LogP contribution in [0.15, 0.2) is 18.2 Å². The maximum atomic E-state index is 12.3. The van der Waals surface area contributed by atoms with E-state index in [1.54, 1.807) is 19.9 Å². The highest BCUT2D eigenvalue weighted by Gasteiger charge is 2.26. The molecule has 0 N–H and O–H groups in total. The van der Waals surface area contributed by atoms with Gasteiger partial charge in [0.15, 0.2) is 0 Å². The van der Waals surface area contributed by atoms with Crippen LogP contribution in [0.4, 0.5) is 0 Å². The summed E-state index contributed by atoms with van der Waals surface area (Å²) >= 11 is 0. The third kappa shape index (κ3) is 4.59. The number of benzene rings is 1. The lowest BCUT2D eigenvalue weighted by molar-refractivity contribution is -0.142. The summed E-state index contributed by atoms with van der Waals surface area (Å²) in [5.41, 5.74) is 1.80. The van der Waals surface area contributed by atoms with E-state index in [0.29, 0.717) is 24.3 Å². The van der Waals surface area contributed by atoms with Gasteiger partial charge in [0.2, 0.25) is 0 Å². The molecule has 0 spiro atoms. The van der Waals surface area contributed by atoms with Gasteiger partial charge in [-0.3, -0.25) is 4.79 Å². The van der Waals surface area contributed by atoms with Crippen LogP contribution in [-0.4, -0.2) is 25.2 Å². The minimum Gasteiger partial charge on any atom is -0.466 e. The van der Waals surface area contributed by atoms with Crippen LogP contribution in [0.25, 0.3) is 0 Å². The van der Waals surface area contributed by atoms with Gasteiger partial charge in [-0.15, -0.1) is 0 Å². The van der Waals surface area contributed by atoms with Crippen molar-refractivity contribution < 1.29 is 19.1 Å². The first-order valence-electron chi connectivity index (χ1n) is 7.26. The molecule has 116 valence electrons. The average Bonchev–Trinajstić information content (AvgIpc) is 2.37. The molecule has 1 rings (SSSR count). The van der Waals surface area contributed by atoms with E-state index in [0.717, 1.165) is 5.56 Å². The van der Waals surface area contributed by atoms with Crippen molar-refractivity contribution in [2.75, 3.05) is 13.2 Å². The summed E-state index contributed by atoms with van der Waals surface area (Å²) in [5.74, 6) is -0.726. The normalized spacial score (nSPS) is 11.1. The molecule has 0 heterocycles. The molecule has 0 aromatic heterocycles. The van der Waals surface area contributed by atoms with E-state index in [2.05, 4.69) is 0 Å². The Hall–Kier alpha value is -1.84. The lowest BCUT2D eigenvalue weighted by atomic mass is 9.81. The standard InChI is InChI=1S/C17H24O4/c1-6-20-14(18)11-12-9-8-10-13(17(3,4)5)15(12)16(19)21-7-2/h8-10H,6-7,11H2,1-5H3. The number of hydrogen-bond donors (Lipinski definition) is 0. The Morgan fingerprint density at radius 1 is 1.05 bits per heavy atom. The van der Waals surface area contributed by atoms with Gasteiger partial charge < -0.3 is 9.47 Å². The Labute approximate surface area is 126 Å². The van der Waals surface area contributed by atoms with Crippen LogP contribution in [0.1, 0.15) is 56.1 Å². The summed E-state index contributed by atoms with van der Waals surface area (Å²) in [6.45, 7) is 10.2. The number of rotatable bonds is 5. The fourth-order valence-electron chi connectivity index (χ4n) is 2.18. The van der Waals surface area contributed by atoms with Gasteiger partial charge in [-0.05, 0) is 30.4 Å². The van der Waals surface area contributed by atoms with Crippen molar-refractivity contribution in [2.45, 2.75) is 46.5 Å². The van der Waals surface area contributed by atoms with Crippen LogP contribution in [0.2, 0.25) is 0 Å². The predicted molar refractivity (Wildman–Crippen MR) is 81.4 cm³/mol. The first-order chi connectivity index (χ1) is 9.81. The Morgan fingerprint density at radius 3 is 2.19 bits per heavy atom. The molecule has 0 saturated carbocycles. The second kappa shape index (κ2) is 7.25. The van der Waals surface area contributed by atoms with Crippen molar-refractivity contribution in [1.82, 2.24) is 0 Å².